The number of benzene rings is 2. The van der Waals surface area contributed by atoms with Crippen LogP contribution >= 0.6 is 10.5 Å². The van der Waals surface area contributed by atoms with Crippen molar-refractivity contribution in [2.75, 3.05) is 18.1 Å². The number of carbonyl (C=O) groups is 3. The zero-order chi connectivity index (χ0) is 26.5. The summed E-state index contributed by atoms with van der Waals surface area (Å²) in [5.41, 5.74) is 4.48. The number of fused-ring (bicyclic) bond motifs is 3. The van der Waals surface area contributed by atoms with Gasteiger partial charge in [-0.1, -0.05) is 62.4 Å². The molecule has 1 saturated heterocycles. The van der Waals surface area contributed by atoms with Gasteiger partial charge in [-0.15, -0.1) is 0 Å². The highest BCUT2D eigenvalue weighted by Crippen LogP contribution is 2.44. The number of alkyl carbamates (subject to hydrolysis) is 1. The number of hydrogen-bond donors (Lipinski definition) is 2. The van der Waals surface area contributed by atoms with Gasteiger partial charge in [0.15, 0.2) is 0 Å². The fraction of sp³-hybridized carbons (Fsp3) is 0.414. The van der Waals surface area contributed by atoms with Crippen molar-refractivity contribution in [2.24, 2.45) is 5.92 Å². The molecule has 2 amide bonds. The van der Waals surface area contributed by atoms with Crippen molar-refractivity contribution in [3.8, 4) is 17.2 Å². The molecule has 0 radical (unpaired) electrons. The van der Waals surface area contributed by atoms with E-state index in [1.807, 2.05) is 50.2 Å². The van der Waals surface area contributed by atoms with E-state index in [-0.39, 0.29) is 39.6 Å². The standard InChI is InChI=1S/C29H33N3O4S/c1-18(2)26(27(33)25(16-30)37-14-8-9-15-37)32-28(34)19(3)31-29(35)36-17-24-22-12-6-4-10-20(22)21-11-5-7-13-23(21)24/h4-7,10-13,18-19,24,26H,8-9,14-15,17H2,1-3H3,(H,31,35)(H,32,34). The Balaban J connectivity index is 1.36. The predicted octanol–water partition coefficient (Wildman–Crippen LogP) is 4.38. The number of nitriles is 1. The van der Waals surface area contributed by atoms with Gasteiger partial charge < -0.3 is 15.4 Å². The van der Waals surface area contributed by atoms with Crippen LogP contribution in [0.25, 0.3) is 11.1 Å². The number of Topliss-reactive ketones (excluding diaryl/α,β-unsaturated/α-hetero) is 1. The van der Waals surface area contributed by atoms with Gasteiger partial charge in [-0.2, -0.15) is 15.7 Å². The Bertz CT molecular complexity index is 1230. The smallest absolute Gasteiger partial charge is 0.407 e. The summed E-state index contributed by atoms with van der Waals surface area (Å²) in [5.74, 6) is 0.617. The molecule has 2 N–H and O–H groups in total. The fourth-order valence-corrected chi connectivity index (χ4v) is 7.22. The third-order valence-corrected chi connectivity index (χ3v) is 9.40. The first kappa shape index (κ1) is 26.6. The van der Waals surface area contributed by atoms with E-state index < -0.39 is 24.1 Å². The predicted molar refractivity (Wildman–Crippen MR) is 147 cm³/mol. The monoisotopic (exact) mass is 519 g/mol. The Morgan fingerprint density at radius 1 is 0.973 bits per heavy atom. The van der Waals surface area contributed by atoms with Gasteiger partial charge in [-0.05, 0) is 59.4 Å². The topological polar surface area (TPSA) is 108 Å². The Morgan fingerprint density at radius 2 is 1.54 bits per heavy atom. The molecule has 0 saturated carbocycles. The van der Waals surface area contributed by atoms with Gasteiger partial charge >= 0.3 is 6.09 Å². The molecular weight excluding hydrogens is 486 g/mol. The molecule has 0 aromatic heterocycles. The minimum atomic E-state index is -0.913. The summed E-state index contributed by atoms with van der Waals surface area (Å²) < 4.78 is 5.54. The van der Waals surface area contributed by atoms with E-state index in [1.54, 1.807) is 6.92 Å². The van der Waals surface area contributed by atoms with Crippen molar-refractivity contribution in [2.45, 2.75) is 51.6 Å². The number of hydrogen-bond acceptors (Lipinski definition) is 5. The third-order valence-electron chi connectivity index (χ3n) is 6.96. The Kier molecular flexibility index (Phi) is 8.45. The molecule has 2 aliphatic rings. The summed E-state index contributed by atoms with van der Waals surface area (Å²) in [6.45, 7) is 5.36. The fourth-order valence-electron chi connectivity index (χ4n) is 4.96. The van der Waals surface area contributed by atoms with Crippen LogP contribution in [0.5, 0.6) is 0 Å². The third kappa shape index (κ3) is 5.78. The lowest BCUT2D eigenvalue weighted by Crippen LogP contribution is -2.53. The molecule has 2 aromatic carbocycles. The maximum atomic E-state index is 13.2. The molecule has 4 rings (SSSR count). The van der Waals surface area contributed by atoms with E-state index in [0.29, 0.717) is 0 Å². The summed E-state index contributed by atoms with van der Waals surface area (Å²) in [6.07, 6.45) is 1.33. The number of carbonyl (C=O) groups excluding carboxylic acids is 3. The summed E-state index contributed by atoms with van der Waals surface area (Å²) >= 11 is 0. The zero-order valence-corrected chi connectivity index (χ0v) is 22.3. The van der Waals surface area contributed by atoms with Crippen molar-refractivity contribution in [3.63, 3.8) is 0 Å². The molecule has 1 aliphatic heterocycles. The van der Waals surface area contributed by atoms with Crippen LogP contribution in [-0.2, 0) is 14.3 Å². The Morgan fingerprint density at radius 3 is 2.08 bits per heavy atom. The van der Waals surface area contributed by atoms with E-state index in [4.69, 9.17) is 4.74 Å². The largest absolute Gasteiger partial charge is 0.449 e. The molecule has 1 aliphatic carbocycles. The van der Waals surface area contributed by atoms with Gasteiger partial charge in [0.2, 0.25) is 11.7 Å². The minimum Gasteiger partial charge on any atom is -0.449 e. The number of ether oxygens (including phenoxy) is 1. The molecule has 8 heteroatoms. The first-order valence-electron chi connectivity index (χ1n) is 12.7. The maximum Gasteiger partial charge on any atom is 0.407 e. The quantitative estimate of drug-likeness (QED) is 0.503. The van der Waals surface area contributed by atoms with E-state index in [0.717, 1.165) is 46.6 Å². The number of rotatable bonds is 8. The van der Waals surface area contributed by atoms with Crippen LogP contribution in [0.2, 0.25) is 0 Å². The molecule has 2 aromatic rings. The second-order valence-corrected chi connectivity index (χ2v) is 12.0. The average Bonchev–Trinajstić information content (AvgIpc) is 3.53. The lowest BCUT2D eigenvalue weighted by atomic mass is 9.97. The highest BCUT2D eigenvalue weighted by molar-refractivity contribution is 8.17. The SMILES string of the molecule is CC(NC(=O)OCC1c2ccccc2-c2ccccc21)C(=O)NC(C(=O)C(C#N)=S1CCCC1)C(C)C. The highest BCUT2D eigenvalue weighted by Gasteiger charge is 2.32. The second-order valence-electron chi connectivity index (χ2n) is 9.84. The zero-order valence-electron chi connectivity index (χ0n) is 21.5. The van der Waals surface area contributed by atoms with Crippen LogP contribution in [0, 0.1) is 17.2 Å². The van der Waals surface area contributed by atoms with Crippen LogP contribution in [0.15, 0.2) is 48.5 Å². The van der Waals surface area contributed by atoms with Gasteiger partial charge in [-0.25, -0.2) is 4.79 Å². The number of nitrogens with zero attached hydrogens (tertiary/aromatic N) is 1. The van der Waals surface area contributed by atoms with Gasteiger partial charge in [0, 0.05) is 5.92 Å². The number of amides is 2. The van der Waals surface area contributed by atoms with E-state index in [1.165, 1.54) is 0 Å². The van der Waals surface area contributed by atoms with Crippen LogP contribution < -0.4 is 10.6 Å². The van der Waals surface area contributed by atoms with E-state index >= 15 is 0 Å². The van der Waals surface area contributed by atoms with Gasteiger partial charge in [0.05, 0.1) is 6.04 Å². The van der Waals surface area contributed by atoms with Crippen molar-refractivity contribution in [1.82, 2.24) is 10.6 Å². The van der Waals surface area contributed by atoms with Crippen molar-refractivity contribution in [3.05, 3.63) is 59.7 Å². The number of ketones is 1. The summed E-state index contributed by atoms with van der Waals surface area (Å²) in [6, 6.07) is 16.5. The molecule has 2 unspecified atom stereocenters. The summed E-state index contributed by atoms with van der Waals surface area (Å²) in [4.78, 5) is 38.9. The van der Waals surface area contributed by atoms with Crippen molar-refractivity contribution >= 4 is 33.1 Å². The van der Waals surface area contributed by atoms with Gasteiger partial charge in [-0.3, -0.25) is 9.59 Å². The molecule has 37 heavy (non-hydrogen) atoms. The van der Waals surface area contributed by atoms with Crippen LogP contribution in [0.4, 0.5) is 4.79 Å². The Hall–Kier alpha value is -3.44. The minimum absolute atomic E-state index is 0.0819. The normalized spacial score (nSPS) is 16.3. The average molecular weight is 520 g/mol. The van der Waals surface area contributed by atoms with Crippen molar-refractivity contribution < 1.29 is 19.1 Å². The first-order valence-corrected chi connectivity index (χ1v) is 14.3. The van der Waals surface area contributed by atoms with Crippen LogP contribution in [0.3, 0.4) is 0 Å². The molecule has 1 heterocycles. The van der Waals surface area contributed by atoms with Gasteiger partial charge in [0.1, 0.15) is 23.6 Å². The van der Waals surface area contributed by atoms with Gasteiger partial charge in [0.25, 0.3) is 0 Å². The highest BCUT2D eigenvalue weighted by atomic mass is 32.2. The molecule has 0 bridgehead atoms. The molecule has 0 spiro atoms. The van der Waals surface area contributed by atoms with Crippen LogP contribution in [0.1, 0.15) is 50.7 Å². The molecule has 1 fully saturated rings. The second kappa shape index (κ2) is 11.7. The molecule has 7 nitrogen and oxygen atoms in total. The molecule has 2 atom stereocenters. The van der Waals surface area contributed by atoms with E-state index in [2.05, 4.69) is 28.8 Å². The molecule has 194 valence electrons. The Labute approximate surface area is 220 Å². The lowest BCUT2D eigenvalue weighted by Gasteiger charge is -2.24. The van der Waals surface area contributed by atoms with Crippen molar-refractivity contribution in [1.29, 1.82) is 5.26 Å². The number of nitrogens with one attached hydrogen (secondary N) is 2. The summed E-state index contributed by atoms with van der Waals surface area (Å²) in [5, 5.41) is 15.0. The maximum absolute atomic E-state index is 13.2. The molecular formula is C29H33N3O4S. The first-order chi connectivity index (χ1) is 17.8. The van der Waals surface area contributed by atoms with E-state index in [9.17, 15) is 19.6 Å². The summed E-state index contributed by atoms with van der Waals surface area (Å²) in [7, 11) is -0.338. The lowest BCUT2D eigenvalue weighted by molar-refractivity contribution is -0.127. The van der Waals surface area contributed by atoms with Crippen LogP contribution in [-0.4, -0.2) is 52.8 Å².